The molecule has 1 aromatic heterocycles. The number of carbonyl (C=O) groups is 2. The second-order valence-corrected chi connectivity index (χ2v) is 6.77. The normalized spacial score (nSPS) is 10.9. The molecule has 26 heavy (non-hydrogen) atoms. The van der Waals surface area contributed by atoms with Gasteiger partial charge in [-0.05, 0) is 37.5 Å². The molecular formula is C18H21ClFN3O3. The van der Waals surface area contributed by atoms with Crippen LogP contribution in [0.1, 0.15) is 35.5 Å². The van der Waals surface area contributed by atoms with Gasteiger partial charge < -0.3 is 10.1 Å². The number of hydrogen-bond donors (Lipinski definition) is 1. The molecule has 0 aliphatic carbocycles. The molecule has 0 radical (unpaired) electrons. The van der Waals surface area contributed by atoms with E-state index in [1.807, 2.05) is 13.8 Å². The predicted molar refractivity (Wildman–Crippen MR) is 96.9 cm³/mol. The molecule has 1 amide bonds. The van der Waals surface area contributed by atoms with Crippen molar-refractivity contribution in [1.29, 1.82) is 0 Å². The Bertz CT molecular complexity index is 833. The molecule has 140 valence electrons. The molecule has 0 aliphatic heterocycles. The fourth-order valence-corrected chi connectivity index (χ4v) is 2.64. The average Bonchev–Trinajstić information content (AvgIpc) is 2.82. The number of aromatic nitrogens is 2. The molecule has 1 heterocycles. The molecule has 8 heteroatoms. The van der Waals surface area contributed by atoms with Crippen molar-refractivity contribution in [3.05, 3.63) is 46.0 Å². The van der Waals surface area contributed by atoms with Crippen LogP contribution in [0.25, 0.3) is 0 Å². The van der Waals surface area contributed by atoms with Gasteiger partial charge in [-0.15, -0.1) is 0 Å². The van der Waals surface area contributed by atoms with E-state index in [9.17, 15) is 14.0 Å². The van der Waals surface area contributed by atoms with E-state index >= 15 is 0 Å². The minimum absolute atomic E-state index is 0.140. The summed E-state index contributed by atoms with van der Waals surface area (Å²) in [6.45, 7) is 7.32. The van der Waals surface area contributed by atoms with Gasteiger partial charge in [-0.2, -0.15) is 5.10 Å². The van der Waals surface area contributed by atoms with Crippen LogP contribution in [0.15, 0.2) is 18.2 Å². The molecule has 0 saturated carbocycles. The first-order valence-electron chi connectivity index (χ1n) is 8.15. The van der Waals surface area contributed by atoms with Gasteiger partial charge in [-0.25, -0.2) is 9.18 Å². The van der Waals surface area contributed by atoms with E-state index in [-0.39, 0.29) is 16.4 Å². The first kappa shape index (κ1) is 19.9. The van der Waals surface area contributed by atoms with Gasteiger partial charge in [0.05, 0.1) is 5.69 Å². The van der Waals surface area contributed by atoms with Crippen LogP contribution in [0.4, 0.5) is 10.1 Å². The number of carbonyl (C=O) groups excluding carboxylic acids is 2. The lowest BCUT2D eigenvalue weighted by Gasteiger charge is -2.08. The van der Waals surface area contributed by atoms with Gasteiger partial charge >= 0.3 is 5.97 Å². The van der Waals surface area contributed by atoms with Crippen molar-refractivity contribution in [2.45, 2.75) is 34.2 Å². The van der Waals surface area contributed by atoms with Crippen molar-refractivity contribution in [3.63, 3.8) is 0 Å². The van der Waals surface area contributed by atoms with E-state index in [2.05, 4.69) is 10.4 Å². The van der Waals surface area contributed by atoms with Crippen molar-refractivity contribution >= 4 is 29.2 Å². The van der Waals surface area contributed by atoms with E-state index < -0.39 is 24.3 Å². The molecule has 0 fully saturated rings. The largest absolute Gasteiger partial charge is 0.452 e. The monoisotopic (exact) mass is 381 g/mol. The van der Waals surface area contributed by atoms with Crippen molar-refractivity contribution in [3.8, 4) is 0 Å². The van der Waals surface area contributed by atoms with Gasteiger partial charge in [0.2, 0.25) is 0 Å². The maximum atomic E-state index is 13.5. The van der Waals surface area contributed by atoms with E-state index in [1.165, 1.54) is 10.7 Å². The number of rotatable bonds is 6. The smallest absolute Gasteiger partial charge is 0.343 e. The number of amides is 1. The molecule has 1 N–H and O–H groups in total. The van der Waals surface area contributed by atoms with Crippen molar-refractivity contribution in [1.82, 2.24) is 9.78 Å². The number of ether oxygens (including phenoxy) is 1. The second-order valence-electron chi connectivity index (χ2n) is 6.42. The van der Waals surface area contributed by atoms with Gasteiger partial charge in [0.15, 0.2) is 6.61 Å². The van der Waals surface area contributed by atoms with Crippen LogP contribution in [0, 0.1) is 25.6 Å². The van der Waals surface area contributed by atoms with Crippen molar-refractivity contribution in [2.75, 3.05) is 11.9 Å². The molecule has 6 nitrogen and oxygen atoms in total. The Hall–Kier alpha value is -2.41. The number of anilines is 1. The predicted octanol–water partition coefficient (Wildman–Crippen LogP) is 3.74. The van der Waals surface area contributed by atoms with Gasteiger partial charge in [0, 0.05) is 12.2 Å². The van der Waals surface area contributed by atoms with Crippen LogP contribution in [0.5, 0.6) is 0 Å². The third-order valence-electron chi connectivity index (χ3n) is 3.60. The molecule has 2 aromatic rings. The number of halogens is 2. The summed E-state index contributed by atoms with van der Waals surface area (Å²) >= 11 is 6.20. The molecule has 2 rings (SSSR count). The molecule has 0 atom stereocenters. The quantitative estimate of drug-likeness (QED) is 0.773. The lowest BCUT2D eigenvalue weighted by molar-refractivity contribution is -0.119. The van der Waals surface area contributed by atoms with E-state index in [4.69, 9.17) is 16.3 Å². The fraction of sp³-hybridized carbons (Fsp3) is 0.389. The third kappa shape index (κ3) is 4.82. The lowest BCUT2D eigenvalue weighted by atomic mass is 10.2. The van der Waals surface area contributed by atoms with E-state index in [1.54, 1.807) is 26.0 Å². The van der Waals surface area contributed by atoms with E-state index in [0.29, 0.717) is 23.7 Å². The number of hydrogen-bond acceptors (Lipinski definition) is 4. The summed E-state index contributed by atoms with van der Waals surface area (Å²) in [5, 5.41) is 6.88. The maximum absolute atomic E-state index is 13.5. The Morgan fingerprint density at radius 2 is 2.04 bits per heavy atom. The molecular weight excluding hydrogens is 361 g/mol. The summed E-state index contributed by atoms with van der Waals surface area (Å²) in [6, 6.07) is 4.31. The van der Waals surface area contributed by atoms with Crippen LogP contribution < -0.4 is 5.32 Å². The maximum Gasteiger partial charge on any atom is 0.343 e. The molecule has 1 aromatic carbocycles. The summed E-state index contributed by atoms with van der Waals surface area (Å²) in [5.74, 6) is -1.44. The topological polar surface area (TPSA) is 73.2 Å². The zero-order chi connectivity index (χ0) is 19.4. The Morgan fingerprint density at radius 1 is 1.35 bits per heavy atom. The summed E-state index contributed by atoms with van der Waals surface area (Å²) in [7, 11) is 0. The summed E-state index contributed by atoms with van der Waals surface area (Å²) in [5.41, 5.74) is 1.33. The highest BCUT2D eigenvalue weighted by molar-refractivity contribution is 6.32. The van der Waals surface area contributed by atoms with Crippen LogP contribution in [-0.4, -0.2) is 28.3 Å². The van der Waals surface area contributed by atoms with E-state index in [0.717, 1.165) is 0 Å². The highest BCUT2D eigenvalue weighted by Gasteiger charge is 2.22. The number of nitrogens with one attached hydrogen (secondary N) is 1. The second kappa shape index (κ2) is 8.31. The minimum atomic E-state index is -0.729. The first-order valence-corrected chi connectivity index (χ1v) is 8.52. The molecule has 0 aliphatic rings. The van der Waals surface area contributed by atoms with Crippen LogP contribution in [0.3, 0.4) is 0 Å². The summed E-state index contributed by atoms with van der Waals surface area (Å²) < 4.78 is 20.0. The highest BCUT2D eigenvalue weighted by atomic mass is 35.5. The van der Waals surface area contributed by atoms with Crippen LogP contribution >= 0.6 is 11.6 Å². The Kier molecular flexibility index (Phi) is 6.37. The van der Waals surface area contributed by atoms with Gasteiger partial charge in [-0.1, -0.05) is 31.5 Å². The number of esters is 1. The van der Waals surface area contributed by atoms with Crippen LogP contribution in [0.2, 0.25) is 5.15 Å². The molecule has 0 saturated heterocycles. The Morgan fingerprint density at radius 3 is 2.65 bits per heavy atom. The Balaban J connectivity index is 1.98. The third-order valence-corrected chi connectivity index (χ3v) is 3.98. The minimum Gasteiger partial charge on any atom is -0.452 e. The summed E-state index contributed by atoms with van der Waals surface area (Å²) in [6.07, 6.45) is 0. The summed E-state index contributed by atoms with van der Waals surface area (Å²) in [4.78, 5) is 24.1. The number of nitrogens with zero attached hydrogens (tertiary/aromatic N) is 2. The molecule has 0 bridgehead atoms. The lowest BCUT2D eigenvalue weighted by Crippen LogP contribution is -2.21. The van der Waals surface area contributed by atoms with Gasteiger partial charge in [0.1, 0.15) is 16.5 Å². The zero-order valence-electron chi connectivity index (χ0n) is 15.1. The Labute approximate surface area is 156 Å². The average molecular weight is 382 g/mol. The number of aryl methyl sites for hydroxylation is 2. The fourth-order valence-electron chi connectivity index (χ4n) is 2.32. The first-order chi connectivity index (χ1) is 12.2. The van der Waals surface area contributed by atoms with Gasteiger partial charge in [-0.3, -0.25) is 9.48 Å². The SMILES string of the molecule is Cc1ccc(NC(=O)COC(=O)c2c(C)nn(CC(C)C)c2Cl)cc1F. The standard InChI is InChI=1S/C18H21ClFN3O3/c1-10(2)8-23-17(19)16(12(4)22-23)18(25)26-9-15(24)21-13-6-5-11(3)14(20)7-13/h5-7,10H,8-9H2,1-4H3,(H,21,24). The molecule has 0 spiro atoms. The highest BCUT2D eigenvalue weighted by Crippen LogP contribution is 2.22. The number of benzene rings is 1. The van der Waals surface area contributed by atoms with Crippen LogP contribution in [-0.2, 0) is 16.1 Å². The zero-order valence-corrected chi connectivity index (χ0v) is 15.9. The molecule has 0 unspecified atom stereocenters. The van der Waals surface area contributed by atoms with Crippen molar-refractivity contribution < 1.29 is 18.7 Å². The van der Waals surface area contributed by atoms with Crippen molar-refractivity contribution in [2.24, 2.45) is 5.92 Å². The van der Waals surface area contributed by atoms with Gasteiger partial charge in [0.25, 0.3) is 5.91 Å².